The monoisotopic (exact) mass is 225 g/mol. The molecule has 1 atom stereocenters. The van der Waals surface area contributed by atoms with Crippen LogP contribution in [0.15, 0.2) is 12.3 Å². The van der Waals surface area contributed by atoms with Gasteiger partial charge in [0.25, 0.3) is 0 Å². The molecule has 16 heavy (non-hydrogen) atoms. The van der Waals surface area contributed by atoms with E-state index in [2.05, 4.69) is 28.1 Å². The molecule has 0 bridgehead atoms. The Balaban J connectivity index is 2.59. The smallest absolute Gasteiger partial charge is 0.0554 e. The van der Waals surface area contributed by atoms with Gasteiger partial charge in [0.1, 0.15) is 0 Å². The fourth-order valence-electron chi connectivity index (χ4n) is 1.82. The quantitative estimate of drug-likeness (QED) is 0.688. The van der Waals surface area contributed by atoms with Crippen LogP contribution < -0.4 is 5.32 Å². The first kappa shape index (κ1) is 13.2. The Kier molecular flexibility index (Phi) is 6.11. The predicted molar refractivity (Wildman–Crippen MR) is 65.4 cm³/mol. The molecular weight excluding hydrogens is 202 g/mol. The van der Waals surface area contributed by atoms with Crippen molar-refractivity contribution in [3.63, 3.8) is 0 Å². The van der Waals surface area contributed by atoms with Gasteiger partial charge in [0.05, 0.1) is 11.7 Å². The van der Waals surface area contributed by atoms with E-state index >= 15 is 0 Å². The lowest BCUT2D eigenvalue weighted by atomic mass is 10.1. The van der Waals surface area contributed by atoms with E-state index in [0.717, 1.165) is 32.6 Å². The van der Waals surface area contributed by atoms with Gasteiger partial charge in [0, 0.05) is 26.0 Å². The van der Waals surface area contributed by atoms with Gasteiger partial charge < -0.3 is 10.1 Å². The topological polar surface area (TPSA) is 39.1 Å². The minimum atomic E-state index is 0.334. The lowest BCUT2D eigenvalue weighted by Gasteiger charge is -2.17. The van der Waals surface area contributed by atoms with Gasteiger partial charge >= 0.3 is 0 Å². The van der Waals surface area contributed by atoms with Gasteiger partial charge in [-0.1, -0.05) is 6.92 Å². The Hall–Kier alpha value is -0.870. The highest BCUT2D eigenvalue weighted by Crippen LogP contribution is 2.16. The summed E-state index contributed by atoms with van der Waals surface area (Å²) in [7, 11) is 1.99. The maximum absolute atomic E-state index is 5.39. The van der Waals surface area contributed by atoms with Crippen LogP contribution in [0, 0.1) is 0 Å². The molecule has 1 aromatic heterocycles. The van der Waals surface area contributed by atoms with Gasteiger partial charge in [0.2, 0.25) is 0 Å². The van der Waals surface area contributed by atoms with Crippen molar-refractivity contribution in [2.45, 2.75) is 39.3 Å². The highest BCUT2D eigenvalue weighted by Gasteiger charge is 2.13. The molecule has 0 saturated heterocycles. The first-order chi connectivity index (χ1) is 7.83. The molecule has 1 N–H and O–H groups in total. The summed E-state index contributed by atoms with van der Waals surface area (Å²) in [6, 6.07) is 2.42. The van der Waals surface area contributed by atoms with Crippen molar-refractivity contribution >= 4 is 0 Å². The van der Waals surface area contributed by atoms with Gasteiger partial charge in [-0.15, -0.1) is 0 Å². The molecule has 1 heterocycles. The van der Waals surface area contributed by atoms with Crippen molar-refractivity contribution in [3.8, 4) is 0 Å². The van der Waals surface area contributed by atoms with Crippen molar-refractivity contribution < 1.29 is 4.74 Å². The van der Waals surface area contributed by atoms with Crippen LogP contribution in [0.5, 0.6) is 0 Å². The third-order valence-electron chi connectivity index (χ3n) is 2.65. The molecule has 4 heteroatoms. The highest BCUT2D eigenvalue weighted by molar-refractivity contribution is 5.06. The number of rotatable bonds is 8. The van der Waals surface area contributed by atoms with E-state index in [1.807, 2.05) is 20.2 Å². The average Bonchev–Trinajstić information content (AvgIpc) is 2.73. The zero-order valence-electron chi connectivity index (χ0n) is 10.6. The summed E-state index contributed by atoms with van der Waals surface area (Å²) in [5, 5.41) is 7.66. The van der Waals surface area contributed by atoms with Gasteiger partial charge in [-0.05, 0) is 32.9 Å². The van der Waals surface area contributed by atoms with Crippen molar-refractivity contribution in [3.05, 3.63) is 18.0 Å². The summed E-state index contributed by atoms with van der Waals surface area (Å²) < 4.78 is 7.47. The number of hydrogen-bond acceptors (Lipinski definition) is 3. The number of aryl methyl sites for hydroxylation is 1. The lowest BCUT2D eigenvalue weighted by molar-refractivity contribution is 0.136. The average molecular weight is 225 g/mol. The van der Waals surface area contributed by atoms with E-state index in [4.69, 9.17) is 4.74 Å². The maximum Gasteiger partial charge on any atom is 0.0554 e. The van der Waals surface area contributed by atoms with Crippen LogP contribution >= 0.6 is 0 Å². The molecule has 0 aromatic carbocycles. The first-order valence-corrected chi connectivity index (χ1v) is 6.10. The Bertz CT molecular complexity index is 286. The molecule has 1 aromatic rings. The molecule has 0 spiro atoms. The standard InChI is InChI=1S/C12H23N3O/c1-4-9-15-12(6-8-14-15)11(13-3)7-10-16-5-2/h6,8,11,13H,4-5,7,9-10H2,1-3H3. The molecule has 0 fully saturated rings. The summed E-state index contributed by atoms with van der Waals surface area (Å²) in [6.07, 6.45) is 3.96. The molecule has 0 aliphatic heterocycles. The van der Waals surface area contributed by atoms with E-state index < -0.39 is 0 Å². The van der Waals surface area contributed by atoms with Crippen LogP contribution in [0.1, 0.15) is 38.4 Å². The van der Waals surface area contributed by atoms with Crippen LogP contribution in [-0.2, 0) is 11.3 Å². The zero-order chi connectivity index (χ0) is 11.8. The van der Waals surface area contributed by atoms with E-state index in [1.165, 1.54) is 5.69 Å². The first-order valence-electron chi connectivity index (χ1n) is 6.10. The van der Waals surface area contributed by atoms with Crippen molar-refractivity contribution in [2.75, 3.05) is 20.3 Å². The summed E-state index contributed by atoms with van der Waals surface area (Å²) in [5.74, 6) is 0. The Morgan fingerprint density at radius 1 is 1.50 bits per heavy atom. The minimum absolute atomic E-state index is 0.334. The van der Waals surface area contributed by atoms with Gasteiger partial charge in [-0.2, -0.15) is 5.10 Å². The molecule has 0 amide bonds. The molecule has 1 unspecified atom stereocenters. The van der Waals surface area contributed by atoms with Crippen LogP contribution in [0.2, 0.25) is 0 Å². The van der Waals surface area contributed by atoms with Gasteiger partial charge in [0.15, 0.2) is 0 Å². The lowest BCUT2D eigenvalue weighted by Crippen LogP contribution is -2.22. The molecule has 0 aliphatic rings. The van der Waals surface area contributed by atoms with E-state index in [1.54, 1.807) is 0 Å². The van der Waals surface area contributed by atoms with Crippen molar-refractivity contribution in [1.82, 2.24) is 15.1 Å². The summed E-state index contributed by atoms with van der Waals surface area (Å²) in [6.45, 7) is 6.74. The SMILES string of the molecule is CCCn1nccc1C(CCOCC)NC. The van der Waals surface area contributed by atoms with E-state index in [9.17, 15) is 0 Å². The maximum atomic E-state index is 5.39. The summed E-state index contributed by atoms with van der Waals surface area (Å²) >= 11 is 0. The Morgan fingerprint density at radius 3 is 2.94 bits per heavy atom. The van der Waals surface area contributed by atoms with E-state index in [-0.39, 0.29) is 0 Å². The largest absolute Gasteiger partial charge is 0.382 e. The number of nitrogens with one attached hydrogen (secondary N) is 1. The molecule has 0 radical (unpaired) electrons. The van der Waals surface area contributed by atoms with E-state index in [0.29, 0.717) is 6.04 Å². The predicted octanol–water partition coefficient (Wildman–Crippen LogP) is 1.98. The highest BCUT2D eigenvalue weighted by atomic mass is 16.5. The number of aromatic nitrogens is 2. The van der Waals surface area contributed by atoms with Crippen LogP contribution in [0.3, 0.4) is 0 Å². The van der Waals surface area contributed by atoms with Crippen molar-refractivity contribution in [2.24, 2.45) is 0 Å². The molecule has 0 saturated carbocycles. The van der Waals surface area contributed by atoms with Crippen LogP contribution in [0.4, 0.5) is 0 Å². The third kappa shape index (κ3) is 3.61. The minimum Gasteiger partial charge on any atom is -0.382 e. The number of ether oxygens (including phenoxy) is 1. The van der Waals surface area contributed by atoms with Gasteiger partial charge in [-0.3, -0.25) is 4.68 Å². The molecule has 0 aliphatic carbocycles. The normalized spacial score (nSPS) is 12.9. The Labute approximate surface area is 98.0 Å². The second kappa shape index (κ2) is 7.41. The third-order valence-corrected chi connectivity index (χ3v) is 2.65. The molecular formula is C12H23N3O. The Morgan fingerprint density at radius 2 is 2.31 bits per heavy atom. The number of nitrogens with zero attached hydrogens (tertiary/aromatic N) is 2. The summed E-state index contributed by atoms with van der Waals surface area (Å²) in [5.41, 5.74) is 1.25. The second-order valence-electron chi connectivity index (χ2n) is 3.81. The number of hydrogen-bond donors (Lipinski definition) is 1. The molecule has 1 rings (SSSR count). The second-order valence-corrected chi connectivity index (χ2v) is 3.81. The molecule has 4 nitrogen and oxygen atoms in total. The summed E-state index contributed by atoms with van der Waals surface area (Å²) in [4.78, 5) is 0. The van der Waals surface area contributed by atoms with Crippen LogP contribution in [-0.4, -0.2) is 30.0 Å². The van der Waals surface area contributed by atoms with Crippen LogP contribution in [0.25, 0.3) is 0 Å². The molecule has 92 valence electrons. The fourth-order valence-corrected chi connectivity index (χ4v) is 1.82. The van der Waals surface area contributed by atoms with Gasteiger partial charge in [-0.25, -0.2) is 0 Å². The fraction of sp³-hybridized carbons (Fsp3) is 0.750. The zero-order valence-corrected chi connectivity index (χ0v) is 10.6. The van der Waals surface area contributed by atoms with Crippen molar-refractivity contribution in [1.29, 1.82) is 0 Å².